The molecule has 112 valence electrons. The van der Waals surface area contributed by atoms with Crippen molar-refractivity contribution >= 4 is 27.0 Å². The minimum absolute atomic E-state index is 0.319. The number of hydrogen-bond donors (Lipinski definition) is 1. The van der Waals surface area contributed by atoms with Crippen molar-refractivity contribution in [2.45, 2.75) is 17.2 Å². The van der Waals surface area contributed by atoms with Gasteiger partial charge < -0.3 is 10.5 Å². The van der Waals surface area contributed by atoms with Crippen LogP contribution in [-0.2, 0) is 16.6 Å². The Morgan fingerprint density at radius 1 is 1.33 bits per heavy atom. The Morgan fingerprint density at radius 3 is 2.90 bits per heavy atom. The third-order valence-electron chi connectivity index (χ3n) is 3.31. The lowest BCUT2D eigenvalue weighted by atomic mass is 10.3. The van der Waals surface area contributed by atoms with Crippen LogP contribution < -0.4 is 14.8 Å². The molecule has 0 unspecified atom stereocenters. The average Bonchev–Trinajstić information content (AvgIpc) is 2.87. The van der Waals surface area contributed by atoms with E-state index < -0.39 is 10.0 Å². The first-order valence-corrected chi connectivity index (χ1v) is 8.97. The van der Waals surface area contributed by atoms with E-state index in [0.29, 0.717) is 41.8 Å². The molecule has 7 heteroatoms. The van der Waals surface area contributed by atoms with Crippen LogP contribution in [0.25, 0.3) is 0 Å². The highest BCUT2D eigenvalue weighted by Gasteiger charge is 2.29. The second kappa shape index (κ2) is 5.67. The highest BCUT2D eigenvalue weighted by molar-refractivity contribution is 7.94. The summed E-state index contributed by atoms with van der Waals surface area (Å²) in [6.07, 6.45) is 0.656. The number of ether oxygens (including phenoxy) is 1. The van der Waals surface area contributed by atoms with Crippen molar-refractivity contribution < 1.29 is 13.2 Å². The molecule has 5 nitrogen and oxygen atoms in total. The number of nitrogens with two attached hydrogens (primary N) is 1. The molecule has 0 bridgehead atoms. The van der Waals surface area contributed by atoms with Crippen molar-refractivity contribution in [1.29, 1.82) is 0 Å². The number of nitrogens with zero attached hydrogens (tertiary/aromatic N) is 1. The van der Waals surface area contributed by atoms with Gasteiger partial charge in [0.15, 0.2) is 0 Å². The molecule has 21 heavy (non-hydrogen) atoms. The first kappa shape index (κ1) is 14.4. The zero-order chi connectivity index (χ0) is 14.9. The Labute approximate surface area is 128 Å². The fourth-order valence-corrected chi connectivity index (χ4v) is 5.10. The molecule has 1 aliphatic rings. The van der Waals surface area contributed by atoms with Gasteiger partial charge in [0.1, 0.15) is 9.96 Å². The van der Waals surface area contributed by atoms with Crippen molar-refractivity contribution in [3.05, 3.63) is 41.3 Å². The molecular formula is C14H16N2O3S2. The molecule has 0 amide bonds. The topological polar surface area (TPSA) is 72.6 Å². The van der Waals surface area contributed by atoms with Crippen molar-refractivity contribution in [2.24, 2.45) is 5.73 Å². The van der Waals surface area contributed by atoms with E-state index in [4.69, 9.17) is 10.5 Å². The van der Waals surface area contributed by atoms with E-state index >= 15 is 0 Å². The predicted octanol–water partition coefficient (Wildman–Crippen LogP) is 2.18. The number of fused-ring (bicyclic) bond motifs is 1. The summed E-state index contributed by atoms with van der Waals surface area (Å²) < 4.78 is 33.1. The lowest BCUT2D eigenvalue weighted by Crippen LogP contribution is -2.31. The normalized spacial score (nSPS) is 15.2. The predicted molar refractivity (Wildman–Crippen MR) is 83.3 cm³/mol. The van der Waals surface area contributed by atoms with E-state index in [9.17, 15) is 8.42 Å². The lowest BCUT2D eigenvalue weighted by molar-refractivity contribution is 0.322. The lowest BCUT2D eigenvalue weighted by Gasteiger charge is -2.22. The van der Waals surface area contributed by atoms with Gasteiger partial charge in [-0.1, -0.05) is 12.1 Å². The fraction of sp³-hybridized carbons (Fsp3) is 0.286. The molecule has 0 atom stereocenters. The zero-order valence-electron chi connectivity index (χ0n) is 11.4. The van der Waals surface area contributed by atoms with Gasteiger partial charge in [-0.3, -0.25) is 4.31 Å². The second-order valence-electron chi connectivity index (χ2n) is 4.73. The molecule has 2 N–H and O–H groups in total. The number of anilines is 1. The highest BCUT2D eigenvalue weighted by atomic mass is 32.2. The van der Waals surface area contributed by atoms with Gasteiger partial charge in [-0.25, -0.2) is 8.42 Å². The Kier molecular flexibility index (Phi) is 3.88. The summed E-state index contributed by atoms with van der Waals surface area (Å²) in [5, 5.41) is 1.78. The maximum absolute atomic E-state index is 12.9. The van der Waals surface area contributed by atoms with Gasteiger partial charge >= 0.3 is 0 Å². The molecule has 0 radical (unpaired) electrons. The van der Waals surface area contributed by atoms with Gasteiger partial charge in [0, 0.05) is 19.5 Å². The SMILES string of the molecule is NCc1csc(S(=O)(=O)N2CCCOc3ccccc32)c1. The number of rotatable bonds is 3. The molecule has 0 saturated heterocycles. The maximum atomic E-state index is 12.9. The molecular weight excluding hydrogens is 308 g/mol. The molecule has 0 spiro atoms. The zero-order valence-corrected chi connectivity index (χ0v) is 13.0. The van der Waals surface area contributed by atoms with Crippen LogP contribution in [0.3, 0.4) is 0 Å². The van der Waals surface area contributed by atoms with Crippen LogP contribution in [0, 0.1) is 0 Å². The molecule has 0 saturated carbocycles. The van der Waals surface area contributed by atoms with Crippen LogP contribution in [0.5, 0.6) is 5.75 Å². The molecule has 0 fully saturated rings. The summed E-state index contributed by atoms with van der Waals surface area (Å²) in [6, 6.07) is 8.87. The van der Waals surface area contributed by atoms with Crippen molar-refractivity contribution in [1.82, 2.24) is 0 Å². The quantitative estimate of drug-likeness (QED) is 0.939. The molecule has 1 aliphatic heterocycles. The summed E-state index contributed by atoms with van der Waals surface area (Å²) in [7, 11) is -3.57. The molecule has 3 rings (SSSR count). The van der Waals surface area contributed by atoms with Gasteiger partial charge in [-0.2, -0.15) is 0 Å². The molecule has 0 aliphatic carbocycles. The summed E-state index contributed by atoms with van der Waals surface area (Å²) >= 11 is 1.21. The molecule has 1 aromatic carbocycles. The van der Waals surface area contributed by atoms with E-state index in [-0.39, 0.29) is 0 Å². The van der Waals surface area contributed by atoms with E-state index in [1.165, 1.54) is 15.6 Å². The Balaban J connectivity index is 2.06. The smallest absolute Gasteiger partial charge is 0.273 e. The second-order valence-corrected chi connectivity index (χ2v) is 7.73. The van der Waals surface area contributed by atoms with Crippen LogP contribution in [0.4, 0.5) is 5.69 Å². The molecule has 1 aromatic heterocycles. The maximum Gasteiger partial charge on any atom is 0.273 e. The van der Waals surface area contributed by atoms with E-state index in [1.807, 2.05) is 12.1 Å². The van der Waals surface area contributed by atoms with Crippen LogP contribution in [-0.4, -0.2) is 21.6 Å². The van der Waals surface area contributed by atoms with Gasteiger partial charge in [-0.05, 0) is 29.1 Å². The molecule has 2 aromatic rings. The van der Waals surface area contributed by atoms with Crippen molar-refractivity contribution in [3.63, 3.8) is 0 Å². The standard InChI is InChI=1S/C14H16N2O3S2/c15-9-11-8-14(20-10-11)21(17,18)16-6-3-7-19-13-5-2-1-4-12(13)16/h1-2,4-5,8,10H,3,6-7,9,15H2. The first-order chi connectivity index (χ1) is 10.1. The van der Waals surface area contributed by atoms with E-state index in [2.05, 4.69) is 0 Å². The van der Waals surface area contributed by atoms with E-state index in [0.717, 1.165) is 5.56 Å². The van der Waals surface area contributed by atoms with Gasteiger partial charge in [0.2, 0.25) is 0 Å². The Hall–Kier alpha value is -1.57. The van der Waals surface area contributed by atoms with Crippen LogP contribution in [0.1, 0.15) is 12.0 Å². The fourth-order valence-electron chi connectivity index (χ4n) is 2.25. The number of para-hydroxylation sites is 2. The van der Waals surface area contributed by atoms with E-state index in [1.54, 1.807) is 23.6 Å². The third kappa shape index (κ3) is 2.64. The third-order valence-corrected chi connectivity index (χ3v) is 6.58. The first-order valence-electron chi connectivity index (χ1n) is 6.65. The summed E-state index contributed by atoms with van der Waals surface area (Å²) in [5.74, 6) is 0.606. The van der Waals surface area contributed by atoms with Crippen LogP contribution in [0.15, 0.2) is 39.9 Å². The monoisotopic (exact) mass is 324 g/mol. The van der Waals surface area contributed by atoms with Gasteiger partial charge in [-0.15, -0.1) is 11.3 Å². The number of sulfonamides is 1. The minimum Gasteiger partial charge on any atom is -0.491 e. The largest absolute Gasteiger partial charge is 0.491 e. The number of benzene rings is 1. The van der Waals surface area contributed by atoms with Crippen LogP contribution in [0.2, 0.25) is 0 Å². The number of hydrogen-bond acceptors (Lipinski definition) is 5. The summed E-state index contributed by atoms with van der Waals surface area (Å²) in [5.41, 5.74) is 6.99. The Bertz CT molecular complexity index is 740. The molecule has 2 heterocycles. The Morgan fingerprint density at radius 2 is 2.14 bits per heavy atom. The van der Waals surface area contributed by atoms with Gasteiger partial charge in [0.05, 0.1) is 12.3 Å². The number of thiophene rings is 1. The summed E-state index contributed by atoms with van der Waals surface area (Å²) in [4.78, 5) is 0. The summed E-state index contributed by atoms with van der Waals surface area (Å²) in [6.45, 7) is 1.27. The van der Waals surface area contributed by atoms with Crippen molar-refractivity contribution in [3.8, 4) is 5.75 Å². The highest BCUT2D eigenvalue weighted by Crippen LogP contribution is 2.35. The van der Waals surface area contributed by atoms with Crippen LogP contribution >= 0.6 is 11.3 Å². The van der Waals surface area contributed by atoms with Crippen molar-refractivity contribution in [2.75, 3.05) is 17.5 Å². The minimum atomic E-state index is -3.57. The average molecular weight is 324 g/mol. The van der Waals surface area contributed by atoms with Gasteiger partial charge in [0.25, 0.3) is 10.0 Å².